The zero-order valence-corrected chi connectivity index (χ0v) is 9.96. The summed E-state index contributed by atoms with van der Waals surface area (Å²) in [7, 11) is 0. The topological polar surface area (TPSA) is 61.0 Å². The predicted molar refractivity (Wildman–Crippen MR) is 62.9 cm³/mol. The molecule has 0 radical (unpaired) electrons. The van der Waals surface area contributed by atoms with E-state index >= 15 is 0 Å². The Bertz CT molecular complexity index is 555. The largest absolute Gasteiger partial charge is 0.297 e. The summed E-state index contributed by atoms with van der Waals surface area (Å²) in [6, 6.07) is 3.37. The minimum absolute atomic E-state index is 0.245. The molecule has 0 saturated carbocycles. The molecule has 0 saturated heterocycles. The molecule has 0 spiro atoms. The lowest BCUT2D eigenvalue weighted by Crippen LogP contribution is -2.01. The van der Waals surface area contributed by atoms with Crippen LogP contribution in [0.1, 0.15) is 0 Å². The van der Waals surface area contributed by atoms with Crippen molar-refractivity contribution in [2.75, 3.05) is 0 Å². The Morgan fingerprint density at radius 2 is 2.25 bits per heavy atom. The van der Waals surface area contributed by atoms with Crippen molar-refractivity contribution in [3.05, 3.63) is 50.1 Å². The molecule has 0 atom stereocenters. The molecule has 1 heterocycles. The molecule has 0 fully saturated rings. The molecule has 0 unspecified atom stereocenters. The van der Waals surface area contributed by atoms with Crippen molar-refractivity contribution in [1.29, 1.82) is 0 Å². The van der Waals surface area contributed by atoms with Crippen LogP contribution in [0.15, 0.2) is 30.6 Å². The number of halogens is 2. The Labute approximate surface area is 103 Å². The van der Waals surface area contributed by atoms with Crippen LogP contribution >= 0.6 is 22.6 Å². The molecular weight excluding hydrogens is 328 g/mol. The van der Waals surface area contributed by atoms with Gasteiger partial charge in [0.25, 0.3) is 5.69 Å². The van der Waals surface area contributed by atoms with Gasteiger partial charge < -0.3 is 0 Å². The van der Waals surface area contributed by atoms with E-state index in [0.29, 0.717) is 0 Å². The standard InChI is InChI=1S/C9H5FIN3O2/c10-6-1-2-8(9(3-6)14(15)16)13-5-7(11)4-12-13/h1-5H. The molecule has 0 aliphatic heterocycles. The van der Waals surface area contributed by atoms with Gasteiger partial charge in [0, 0.05) is 6.20 Å². The smallest absolute Gasteiger partial charge is 0.258 e. The van der Waals surface area contributed by atoms with Gasteiger partial charge in [0.05, 0.1) is 20.8 Å². The Kier molecular flexibility index (Phi) is 2.86. The van der Waals surface area contributed by atoms with Gasteiger partial charge in [-0.15, -0.1) is 0 Å². The predicted octanol–water partition coefficient (Wildman–Crippen LogP) is 2.52. The summed E-state index contributed by atoms with van der Waals surface area (Å²) in [5, 5.41) is 14.7. The fraction of sp³-hybridized carbons (Fsp3) is 0. The van der Waals surface area contributed by atoms with Crippen LogP contribution in [0.4, 0.5) is 10.1 Å². The zero-order valence-electron chi connectivity index (χ0n) is 7.80. The average Bonchev–Trinajstić information content (AvgIpc) is 2.64. The van der Waals surface area contributed by atoms with Gasteiger partial charge in [-0.2, -0.15) is 5.10 Å². The van der Waals surface area contributed by atoms with E-state index in [0.717, 1.165) is 15.7 Å². The first kappa shape index (κ1) is 11.0. The van der Waals surface area contributed by atoms with Gasteiger partial charge in [-0.25, -0.2) is 9.07 Å². The Morgan fingerprint density at radius 3 is 2.81 bits per heavy atom. The van der Waals surface area contributed by atoms with Crippen molar-refractivity contribution in [1.82, 2.24) is 9.78 Å². The maximum atomic E-state index is 12.9. The van der Waals surface area contributed by atoms with E-state index < -0.39 is 10.7 Å². The second-order valence-electron chi connectivity index (χ2n) is 2.99. The second kappa shape index (κ2) is 4.16. The van der Waals surface area contributed by atoms with Gasteiger partial charge in [0.2, 0.25) is 0 Å². The van der Waals surface area contributed by atoms with Gasteiger partial charge in [0.15, 0.2) is 0 Å². The lowest BCUT2D eigenvalue weighted by atomic mass is 10.2. The summed E-state index contributed by atoms with van der Waals surface area (Å²) in [6.07, 6.45) is 3.19. The first-order valence-corrected chi connectivity index (χ1v) is 5.30. The molecule has 1 aromatic heterocycles. The minimum atomic E-state index is -0.641. The van der Waals surface area contributed by atoms with Crippen molar-refractivity contribution in [2.24, 2.45) is 0 Å². The number of aromatic nitrogens is 2. The van der Waals surface area contributed by atoms with Crippen LogP contribution in [0.3, 0.4) is 0 Å². The molecule has 16 heavy (non-hydrogen) atoms. The van der Waals surface area contributed by atoms with E-state index in [2.05, 4.69) is 5.10 Å². The molecule has 0 amide bonds. The van der Waals surface area contributed by atoms with Crippen molar-refractivity contribution < 1.29 is 9.31 Å². The van der Waals surface area contributed by atoms with Gasteiger partial charge in [-0.1, -0.05) is 0 Å². The van der Waals surface area contributed by atoms with E-state index in [9.17, 15) is 14.5 Å². The fourth-order valence-electron chi connectivity index (χ4n) is 1.27. The zero-order chi connectivity index (χ0) is 11.7. The molecule has 0 aliphatic carbocycles. The van der Waals surface area contributed by atoms with Gasteiger partial charge in [-0.05, 0) is 34.7 Å². The molecular formula is C9H5FIN3O2. The van der Waals surface area contributed by atoms with Crippen molar-refractivity contribution in [2.45, 2.75) is 0 Å². The van der Waals surface area contributed by atoms with Gasteiger partial charge in [-0.3, -0.25) is 10.1 Å². The van der Waals surface area contributed by atoms with E-state index in [4.69, 9.17) is 0 Å². The van der Waals surface area contributed by atoms with Crippen LogP contribution in [0.5, 0.6) is 0 Å². The number of benzene rings is 1. The number of nitrogens with zero attached hydrogens (tertiary/aromatic N) is 3. The third kappa shape index (κ3) is 2.03. The number of hydrogen-bond acceptors (Lipinski definition) is 3. The molecule has 82 valence electrons. The highest BCUT2D eigenvalue weighted by Crippen LogP contribution is 2.23. The first-order valence-electron chi connectivity index (χ1n) is 4.22. The molecule has 0 N–H and O–H groups in total. The third-order valence-corrected chi connectivity index (χ3v) is 2.49. The molecule has 2 aromatic rings. The monoisotopic (exact) mass is 333 g/mol. The van der Waals surface area contributed by atoms with Crippen LogP contribution in [-0.4, -0.2) is 14.7 Å². The van der Waals surface area contributed by atoms with Crippen molar-refractivity contribution in [3.8, 4) is 5.69 Å². The van der Waals surface area contributed by atoms with Crippen molar-refractivity contribution in [3.63, 3.8) is 0 Å². The van der Waals surface area contributed by atoms with E-state index in [-0.39, 0.29) is 11.4 Å². The maximum absolute atomic E-state index is 12.9. The number of nitro benzene ring substituents is 1. The summed E-state index contributed by atoms with van der Waals surface area (Å²) in [5.74, 6) is -0.641. The van der Waals surface area contributed by atoms with Crippen LogP contribution in [0.25, 0.3) is 5.69 Å². The Balaban J connectivity index is 2.60. The maximum Gasteiger partial charge on any atom is 0.297 e. The molecule has 7 heteroatoms. The molecule has 0 bridgehead atoms. The first-order chi connectivity index (χ1) is 7.58. The summed E-state index contributed by atoms with van der Waals surface area (Å²) in [6.45, 7) is 0. The van der Waals surface area contributed by atoms with Gasteiger partial charge in [0.1, 0.15) is 11.5 Å². The number of hydrogen-bond donors (Lipinski definition) is 0. The summed E-state index contributed by atoms with van der Waals surface area (Å²) in [4.78, 5) is 10.1. The third-order valence-electron chi connectivity index (χ3n) is 1.93. The lowest BCUT2D eigenvalue weighted by molar-refractivity contribution is -0.384. The second-order valence-corrected chi connectivity index (χ2v) is 4.24. The van der Waals surface area contributed by atoms with Crippen LogP contribution in [0.2, 0.25) is 0 Å². The minimum Gasteiger partial charge on any atom is -0.258 e. The molecule has 5 nitrogen and oxygen atoms in total. The Hall–Kier alpha value is -1.51. The quantitative estimate of drug-likeness (QED) is 0.482. The van der Waals surface area contributed by atoms with Gasteiger partial charge >= 0.3 is 0 Å². The van der Waals surface area contributed by atoms with E-state index in [1.54, 1.807) is 12.4 Å². The highest BCUT2D eigenvalue weighted by Gasteiger charge is 2.16. The fourth-order valence-corrected chi connectivity index (χ4v) is 1.66. The highest BCUT2D eigenvalue weighted by atomic mass is 127. The molecule has 0 aliphatic rings. The normalized spacial score (nSPS) is 10.4. The lowest BCUT2D eigenvalue weighted by Gasteiger charge is -2.02. The van der Waals surface area contributed by atoms with E-state index in [1.807, 2.05) is 22.6 Å². The summed E-state index contributed by atoms with van der Waals surface area (Å²) >= 11 is 2.04. The molecule has 2 rings (SSSR count). The summed E-state index contributed by atoms with van der Waals surface area (Å²) in [5.41, 5.74) is -0.0613. The van der Waals surface area contributed by atoms with E-state index in [1.165, 1.54) is 10.7 Å². The number of nitro groups is 1. The highest BCUT2D eigenvalue weighted by molar-refractivity contribution is 14.1. The molecule has 1 aromatic carbocycles. The summed E-state index contributed by atoms with van der Waals surface area (Å²) < 4.78 is 15.1. The number of rotatable bonds is 2. The Morgan fingerprint density at radius 1 is 1.50 bits per heavy atom. The van der Waals surface area contributed by atoms with Crippen LogP contribution in [-0.2, 0) is 0 Å². The van der Waals surface area contributed by atoms with Crippen LogP contribution < -0.4 is 0 Å². The SMILES string of the molecule is O=[N+]([O-])c1cc(F)ccc1-n1cc(I)cn1. The van der Waals surface area contributed by atoms with Crippen LogP contribution in [0, 0.1) is 19.5 Å². The van der Waals surface area contributed by atoms with Crippen molar-refractivity contribution >= 4 is 28.3 Å². The average molecular weight is 333 g/mol.